The van der Waals surface area contributed by atoms with E-state index in [1.165, 1.54) is 0 Å². The summed E-state index contributed by atoms with van der Waals surface area (Å²) in [5.74, 6) is -0.956. The van der Waals surface area contributed by atoms with Crippen molar-refractivity contribution < 1.29 is 19.1 Å². The van der Waals surface area contributed by atoms with E-state index in [4.69, 9.17) is 9.47 Å². The maximum absolute atomic E-state index is 11.1. The summed E-state index contributed by atoms with van der Waals surface area (Å²) >= 11 is 0. The lowest BCUT2D eigenvalue weighted by molar-refractivity contribution is -0.156. The van der Waals surface area contributed by atoms with E-state index < -0.39 is 17.5 Å². The van der Waals surface area contributed by atoms with Gasteiger partial charge in [-0.1, -0.05) is 20.1 Å². The van der Waals surface area contributed by atoms with Crippen molar-refractivity contribution in [2.75, 3.05) is 0 Å². The van der Waals surface area contributed by atoms with Gasteiger partial charge in [-0.05, 0) is 20.3 Å². The fraction of sp³-hybridized carbons (Fsp3) is 0.538. The first-order chi connectivity index (χ1) is 7.84. The first-order valence-electron chi connectivity index (χ1n) is 5.53. The van der Waals surface area contributed by atoms with Crippen LogP contribution in [-0.2, 0) is 19.1 Å². The second-order valence-electron chi connectivity index (χ2n) is 4.26. The molecule has 0 saturated heterocycles. The van der Waals surface area contributed by atoms with E-state index in [1.807, 2.05) is 6.92 Å². The average Bonchev–Trinajstić information content (AvgIpc) is 2.26. The smallest absolute Gasteiger partial charge is 0.330 e. The highest BCUT2D eigenvalue weighted by atomic mass is 16.6. The molecule has 0 aliphatic rings. The fourth-order valence-corrected chi connectivity index (χ4v) is 1.39. The first kappa shape index (κ1) is 15.4. The zero-order valence-corrected chi connectivity index (χ0v) is 10.7. The number of ether oxygens (including phenoxy) is 2. The Hall–Kier alpha value is -1.58. The number of carbonyl (C=O) groups excluding carboxylic acids is 2. The van der Waals surface area contributed by atoms with Crippen LogP contribution >= 0.6 is 0 Å². The van der Waals surface area contributed by atoms with E-state index in [1.54, 1.807) is 13.8 Å². The first-order valence-corrected chi connectivity index (χ1v) is 5.53. The minimum atomic E-state index is -0.701. The van der Waals surface area contributed by atoms with Crippen molar-refractivity contribution in [2.45, 2.75) is 45.3 Å². The van der Waals surface area contributed by atoms with Gasteiger partial charge >= 0.3 is 11.9 Å². The second kappa shape index (κ2) is 6.89. The quantitative estimate of drug-likeness (QED) is 0.506. The van der Waals surface area contributed by atoms with Crippen LogP contribution in [0.25, 0.3) is 0 Å². The minimum absolute atomic E-state index is 0.298. The maximum atomic E-state index is 11.1. The molecular weight excluding hydrogens is 220 g/mol. The molecule has 17 heavy (non-hydrogen) atoms. The average molecular weight is 240 g/mol. The van der Waals surface area contributed by atoms with Gasteiger partial charge in [-0.25, -0.2) is 9.59 Å². The molecule has 96 valence electrons. The Balaban J connectivity index is 4.43. The maximum Gasteiger partial charge on any atom is 0.330 e. The molecule has 0 N–H and O–H groups in total. The molecule has 4 heteroatoms. The van der Waals surface area contributed by atoms with Crippen molar-refractivity contribution >= 4 is 11.9 Å². The van der Waals surface area contributed by atoms with Crippen molar-refractivity contribution in [3.8, 4) is 0 Å². The summed E-state index contributed by atoms with van der Waals surface area (Å²) in [5.41, 5.74) is -0.701. The Labute approximate surface area is 102 Å². The van der Waals surface area contributed by atoms with Gasteiger partial charge in [0.2, 0.25) is 0 Å². The third kappa shape index (κ3) is 6.56. The monoisotopic (exact) mass is 240 g/mol. The third-order valence-corrected chi connectivity index (χ3v) is 2.17. The highest BCUT2D eigenvalue weighted by Crippen LogP contribution is 2.21. The molecule has 0 aliphatic heterocycles. The van der Waals surface area contributed by atoms with Gasteiger partial charge in [0.05, 0.1) is 0 Å². The molecule has 0 radical (unpaired) electrons. The van der Waals surface area contributed by atoms with Gasteiger partial charge in [-0.3, -0.25) is 0 Å². The number of esters is 2. The van der Waals surface area contributed by atoms with Crippen LogP contribution in [0.15, 0.2) is 25.3 Å². The zero-order chi connectivity index (χ0) is 13.5. The molecule has 4 nitrogen and oxygen atoms in total. The molecule has 0 heterocycles. The number of hydrogen-bond donors (Lipinski definition) is 0. The topological polar surface area (TPSA) is 52.6 Å². The third-order valence-electron chi connectivity index (χ3n) is 2.17. The van der Waals surface area contributed by atoms with Crippen LogP contribution < -0.4 is 0 Å². The predicted molar refractivity (Wildman–Crippen MR) is 65.4 cm³/mol. The van der Waals surface area contributed by atoms with Crippen LogP contribution in [0.5, 0.6) is 0 Å². The lowest BCUT2D eigenvalue weighted by atomic mass is 9.99. The molecule has 0 bridgehead atoms. The largest absolute Gasteiger partial charge is 0.459 e. The summed E-state index contributed by atoms with van der Waals surface area (Å²) in [4.78, 5) is 22.2. The molecule has 0 aromatic rings. The van der Waals surface area contributed by atoms with Gasteiger partial charge in [0.25, 0.3) is 0 Å². The normalized spacial score (nSPS) is 12.4. The molecule has 0 aromatic carbocycles. The predicted octanol–water partition coefficient (Wildman–Crippen LogP) is 2.39. The molecule has 0 aromatic heterocycles. The molecule has 1 atom stereocenters. The molecule has 1 unspecified atom stereocenters. The van der Waals surface area contributed by atoms with E-state index in [-0.39, 0.29) is 6.10 Å². The highest BCUT2D eigenvalue weighted by Gasteiger charge is 2.27. The lowest BCUT2D eigenvalue weighted by Crippen LogP contribution is -2.33. The molecule has 0 aliphatic carbocycles. The van der Waals surface area contributed by atoms with Crippen molar-refractivity contribution in [3.63, 3.8) is 0 Å². The van der Waals surface area contributed by atoms with Gasteiger partial charge in [-0.15, -0.1) is 0 Å². The van der Waals surface area contributed by atoms with Crippen LogP contribution in [0, 0.1) is 0 Å². The molecule has 0 spiro atoms. The number of hydrogen-bond acceptors (Lipinski definition) is 4. The van der Waals surface area contributed by atoms with Crippen molar-refractivity contribution in [2.24, 2.45) is 0 Å². The standard InChI is InChI=1S/C13H20O4/c1-6-10(16-11(14)7-2)9-13(4,5)17-12(15)8-3/h7-8,10H,2-3,6,9H2,1,4-5H3. The lowest BCUT2D eigenvalue weighted by Gasteiger charge is -2.28. The second-order valence-corrected chi connectivity index (χ2v) is 4.26. The summed E-state index contributed by atoms with van der Waals surface area (Å²) in [6.07, 6.45) is 3.01. The highest BCUT2D eigenvalue weighted by molar-refractivity contribution is 5.82. The summed E-state index contributed by atoms with van der Waals surface area (Å²) in [6.45, 7) is 12.1. The van der Waals surface area contributed by atoms with Crippen LogP contribution in [0.4, 0.5) is 0 Å². The SMILES string of the molecule is C=CC(=O)OC(CC)CC(C)(C)OC(=O)C=C. The van der Waals surface area contributed by atoms with E-state index in [0.29, 0.717) is 12.8 Å². The summed E-state index contributed by atoms with van der Waals surface area (Å²) < 4.78 is 10.3. The number of carbonyl (C=O) groups is 2. The summed E-state index contributed by atoms with van der Waals surface area (Å²) in [5, 5.41) is 0. The van der Waals surface area contributed by atoms with Gasteiger partial charge < -0.3 is 9.47 Å². The molecule has 0 saturated carbocycles. The molecule has 0 rings (SSSR count). The van der Waals surface area contributed by atoms with E-state index in [9.17, 15) is 9.59 Å². The Morgan fingerprint density at radius 3 is 2.18 bits per heavy atom. The van der Waals surface area contributed by atoms with Gasteiger partial charge in [0.15, 0.2) is 0 Å². The van der Waals surface area contributed by atoms with Crippen molar-refractivity contribution in [3.05, 3.63) is 25.3 Å². The van der Waals surface area contributed by atoms with Crippen molar-refractivity contribution in [1.29, 1.82) is 0 Å². The fourth-order valence-electron chi connectivity index (χ4n) is 1.39. The van der Waals surface area contributed by atoms with E-state index in [2.05, 4.69) is 13.2 Å². The summed E-state index contributed by atoms with van der Waals surface area (Å²) in [7, 11) is 0. The van der Waals surface area contributed by atoms with Gasteiger partial charge in [-0.2, -0.15) is 0 Å². The van der Waals surface area contributed by atoms with Crippen LogP contribution in [-0.4, -0.2) is 23.6 Å². The minimum Gasteiger partial charge on any atom is -0.459 e. The van der Waals surface area contributed by atoms with Crippen LogP contribution in [0.2, 0.25) is 0 Å². The molecular formula is C13H20O4. The number of rotatable bonds is 7. The van der Waals surface area contributed by atoms with E-state index in [0.717, 1.165) is 12.2 Å². The Bertz CT molecular complexity index is 305. The zero-order valence-electron chi connectivity index (χ0n) is 10.7. The molecule has 0 amide bonds. The Morgan fingerprint density at radius 2 is 1.76 bits per heavy atom. The molecule has 0 fully saturated rings. The van der Waals surface area contributed by atoms with Gasteiger partial charge in [0, 0.05) is 18.6 Å². The van der Waals surface area contributed by atoms with Gasteiger partial charge in [0.1, 0.15) is 11.7 Å². The van der Waals surface area contributed by atoms with Crippen LogP contribution in [0.3, 0.4) is 0 Å². The Kier molecular flexibility index (Phi) is 6.25. The summed E-state index contributed by atoms with van der Waals surface area (Å²) in [6, 6.07) is 0. The van der Waals surface area contributed by atoms with Crippen LogP contribution in [0.1, 0.15) is 33.6 Å². The van der Waals surface area contributed by atoms with Crippen molar-refractivity contribution in [1.82, 2.24) is 0 Å². The Morgan fingerprint density at radius 1 is 1.24 bits per heavy atom. The van der Waals surface area contributed by atoms with E-state index >= 15 is 0 Å².